The molecule has 3 rings (SSSR count). The highest BCUT2D eigenvalue weighted by molar-refractivity contribution is 7.14. The summed E-state index contributed by atoms with van der Waals surface area (Å²) in [6.45, 7) is 1.88. The summed E-state index contributed by atoms with van der Waals surface area (Å²) in [6.07, 6.45) is 1.60. The van der Waals surface area contributed by atoms with Crippen molar-refractivity contribution in [2.24, 2.45) is 0 Å². The van der Waals surface area contributed by atoms with Crippen LogP contribution < -0.4 is 5.32 Å². The first-order valence-electron chi connectivity index (χ1n) is 5.50. The van der Waals surface area contributed by atoms with Crippen molar-refractivity contribution in [3.05, 3.63) is 46.2 Å². The van der Waals surface area contributed by atoms with E-state index in [1.807, 2.05) is 6.92 Å². The molecule has 7 heteroatoms. The lowest BCUT2D eigenvalue weighted by molar-refractivity contribution is 0.102. The smallest absolute Gasteiger partial charge is 0.275 e. The van der Waals surface area contributed by atoms with E-state index in [0.717, 1.165) is 11.3 Å². The van der Waals surface area contributed by atoms with Gasteiger partial charge < -0.3 is 5.32 Å². The van der Waals surface area contributed by atoms with Crippen LogP contribution in [-0.2, 0) is 0 Å². The lowest BCUT2D eigenvalue weighted by Crippen LogP contribution is -2.13. The molecule has 1 amide bonds. The Morgan fingerprint density at radius 1 is 1.47 bits per heavy atom. The highest BCUT2D eigenvalue weighted by Crippen LogP contribution is 2.20. The number of halogens is 1. The van der Waals surface area contributed by atoms with Gasteiger partial charge in [0.25, 0.3) is 5.91 Å². The zero-order valence-corrected chi connectivity index (χ0v) is 11.5. The van der Waals surface area contributed by atoms with Gasteiger partial charge in [0.05, 0.1) is 6.20 Å². The fourth-order valence-electron chi connectivity index (χ4n) is 1.70. The van der Waals surface area contributed by atoms with E-state index in [-0.39, 0.29) is 5.91 Å². The summed E-state index contributed by atoms with van der Waals surface area (Å²) in [5, 5.41) is 7.48. The van der Waals surface area contributed by atoms with E-state index in [0.29, 0.717) is 15.7 Å². The molecule has 5 nitrogen and oxygen atoms in total. The van der Waals surface area contributed by atoms with E-state index in [9.17, 15) is 4.79 Å². The number of benzene rings is 1. The zero-order valence-electron chi connectivity index (χ0n) is 9.92. The maximum atomic E-state index is 12.1. The summed E-state index contributed by atoms with van der Waals surface area (Å²) in [7, 11) is 0. The van der Waals surface area contributed by atoms with E-state index < -0.39 is 0 Å². The number of hydrogen-bond acceptors (Lipinski definition) is 4. The molecule has 0 unspecified atom stereocenters. The minimum atomic E-state index is -0.261. The number of carbonyl (C=O) groups is 1. The summed E-state index contributed by atoms with van der Waals surface area (Å²) < 4.78 is 1.58. The van der Waals surface area contributed by atoms with Crippen LogP contribution in [0.15, 0.2) is 29.9 Å². The number of anilines is 1. The fraction of sp³-hybridized carbons (Fsp3) is 0.0833. The van der Waals surface area contributed by atoms with Crippen LogP contribution in [0.5, 0.6) is 0 Å². The molecule has 2 aromatic heterocycles. The second kappa shape index (κ2) is 4.64. The van der Waals surface area contributed by atoms with Gasteiger partial charge in [-0.1, -0.05) is 22.9 Å². The number of carbonyl (C=O) groups excluding carboxylic acids is 1. The van der Waals surface area contributed by atoms with Gasteiger partial charge in [-0.25, -0.2) is 9.50 Å². The molecule has 19 heavy (non-hydrogen) atoms. The predicted molar refractivity (Wildman–Crippen MR) is 75.0 cm³/mol. The van der Waals surface area contributed by atoms with Gasteiger partial charge in [-0.2, -0.15) is 5.10 Å². The summed E-state index contributed by atoms with van der Waals surface area (Å²) in [5.74, 6) is -0.261. The summed E-state index contributed by atoms with van der Waals surface area (Å²) in [4.78, 5) is 17.0. The third-order valence-electron chi connectivity index (χ3n) is 2.66. The maximum Gasteiger partial charge on any atom is 0.275 e. The van der Waals surface area contributed by atoms with Gasteiger partial charge in [0.15, 0.2) is 0 Å². The number of aryl methyl sites for hydroxylation is 1. The fourth-order valence-corrected chi connectivity index (χ4v) is 2.53. The average molecular weight is 293 g/mol. The number of nitrogens with one attached hydrogen (secondary N) is 1. The van der Waals surface area contributed by atoms with Crippen molar-refractivity contribution < 1.29 is 4.79 Å². The molecule has 0 bridgehead atoms. The van der Waals surface area contributed by atoms with Gasteiger partial charge in [-0.05, 0) is 30.7 Å². The molecule has 0 saturated carbocycles. The molecular formula is C12H9ClN4OS. The number of fused-ring (bicyclic) bond motifs is 1. The van der Waals surface area contributed by atoms with Crippen LogP contribution in [0, 0.1) is 6.92 Å². The molecule has 0 fully saturated rings. The first kappa shape index (κ1) is 12.1. The van der Waals surface area contributed by atoms with Gasteiger partial charge in [0, 0.05) is 10.7 Å². The number of rotatable bonds is 2. The molecule has 0 aliphatic carbocycles. The molecule has 0 radical (unpaired) electrons. The molecule has 0 aliphatic rings. The Labute approximate surface area is 117 Å². The van der Waals surface area contributed by atoms with E-state index >= 15 is 0 Å². The Balaban J connectivity index is 1.86. The van der Waals surface area contributed by atoms with Crippen LogP contribution >= 0.6 is 22.9 Å². The number of nitrogens with zero attached hydrogens (tertiary/aromatic N) is 3. The SMILES string of the molecule is Cc1cc(Cl)ccc1NC(=O)c1cn2ncsc2n1. The molecule has 3 aromatic rings. The second-order valence-corrected chi connectivity index (χ2v) is 5.25. The van der Waals surface area contributed by atoms with Gasteiger partial charge >= 0.3 is 0 Å². The van der Waals surface area contributed by atoms with Crippen molar-refractivity contribution in [3.8, 4) is 0 Å². The Morgan fingerprint density at radius 2 is 2.32 bits per heavy atom. The van der Waals surface area contributed by atoms with Crippen LogP contribution in [-0.4, -0.2) is 20.5 Å². The minimum Gasteiger partial charge on any atom is -0.320 e. The molecule has 0 aliphatic heterocycles. The van der Waals surface area contributed by atoms with Gasteiger partial charge in [0.2, 0.25) is 4.96 Å². The first-order valence-corrected chi connectivity index (χ1v) is 6.75. The van der Waals surface area contributed by atoms with Gasteiger partial charge in [0.1, 0.15) is 11.2 Å². The zero-order chi connectivity index (χ0) is 13.4. The molecule has 96 valence electrons. The third kappa shape index (κ3) is 2.32. The number of imidazole rings is 1. The van der Waals surface area contributed by atoms with Crippen LogP contribution in [0.25, 0.3) is 4.96 Å². The average Bonchev–Trinajstić information content (AvgIpc) is 2.93. The lowest BCUT2D eigenvalue weighted by atomic mass is 10.2. The van der Waals surface area contributed by atoms with E-state index in [1.165, 1.54) is 11.3 Å². The van der Waals surface area contributed by atoms with Gasteiger partial charge in [-0.3, -0.25) is 4.79 Å². The van der Waals surface area contributed by atoms with Crippen LogP contribution in [0.1, 0.15) is 16.1 Å². The van der Waals surface area contributed by atoms with E-state index in [1.54, 1.807) is 34.4 Å². The second-order valence-electron chi connectivity index (χ2n) is 4.01. The summed E-state index contributed by atoms with van der Waals surface area (Å²) >= 11 is 7.25. The Bertz CT molecular complexity index is 736. The lowest BCUT2D eigenvalue weighted by Gasteiger charge is -2.06. The maximum absolute atomic E-state index is 12.1. The van der Waals surface area contributed by atoms with E-state index in [2.05, 4.69) is 15.4 Å². The Morgan fingerprint density at radius 3 is 3.05 bits per heavy atom. The van der Waals surface area contributed by atoms with Crippen LogP contribution in [0.2, 0.25) is 5.02 Å². The topological polar surface area (TPSA) is 59.3 Å². The largest absolute Gasteiger partial charge is 0.320 e. The van der Waals surface area contributed by atoms with Crippen molar-refractivity contribution in [1.29, 1.82) is 0 Å². The quantitative estimate of drug-likeness (QED) is 0.790. The number of aromatic nitrogens is 3. The summed E-state index contributed by atoms with van der Waals surface area (Å²) in [5.41, 5.74) is 3.64. The van der Waals surface area contributed by atoms with Crippen molar-refractivity contribution in [3.63, 3.8) is 0 Å². The minimum absolute atomic E-state index is 0.261. The predicted octanol–water partition coefficient (Wildman–Crippen LogP) is 3.00. The number of hydrogen-bond donors (Lipinski definition) is 1. The molecule has 2 heterocycles. The number of amides is 1. The Hall–Kier alpha value is -1.92. The van der Waals surface area contributed by atoms with Crippen molar-refractivity contribution >= 4 is 39.5 Å². The van der Waals surface area contributed by atoms with Crippen molar-refractivity contribution in [2.75, 3.05) is 5.32 Å². The highest BCUT2D eigenvalue weighted by Gasteiger charge is 2.13. The molecule has 1 N–H and O–H groups in total. The molecule has 0 saturated heterocycles. The van der Waals surface area contributed by atoms with Crippen LogP contribution in [0.3, 0.4) is 0 Å². The monoisotopic (exact) mass is 292 g/mol. The molecule has 1 aromatic carbocycles. The van der Waals surface area contributed by atoms with Gasteiger partial charge in [-0.15, -0.1) is 0 Å². The summed E-state index contributed by atoms with van der Waals surface area (Å²) in [6, 6.07) is 5.30. The van der Waals surface area contributed by atoms with Crippen molar-refractivity contribution in [2.45, 2.75) is 6.92 Å². The standard InChI is InChI=1S/C12H9ClN4OS/c1-7-4-8(13)2-3-9(7)15-11(18)10-5-17-12(16-10)19-6-14-17/h2-6H,1H3,(H,15,18). The van der Waals surface area contributed by atoms with E-state index in [4.69, 9.17) is 11.6 Å². The third-order valence-corrected chi connectivity index (χ3v) is 3.58. The van der Waals surface area contributed by atoms with Crippen LogP contribution in [0.4, 0.5) is 5.69 Å². The highest BCUT2D eigenvalue weighted by atomic mass is 35.5. The molecular weight excluding hydrogens is 284 g/mol. The molecule has 0 spiro atoms. The Kier molecular flexibility index (Phi) is 2.96. The van der Waals surface area contributed by atoms with Crippen molar-refractivity contribution in [1.82, 2.24) is 14.6 Å². The normalized spacial score (nSPS) is 10.8. The first-order chi connectivity index (χ1) is 9.13. The molecule has 0 atom stereocenters.